The standard InChI is InChI=1S/C23H41NO15/c1-7-13(28)12(24-10(4)27)16(31)21(34-7)39-20-17(32)14(29)8(2)36-23(20)38-19-15(30)9(3)35-22(18(19)33)37-11(5-25)6-26/h7-9,11-23,25-26,28-33H,5-6H2,1-4H3,(H,24,27)/t7-,8+,9+,12+,13+,14+,15+,16-,17-,18-,19-,20-,21-,22+,23+/m1/s1. The van der Waals surface area contributed by atoms with Gasteiger partial charge < -0.3 is 74.6 Å². The lowest BCUT2D eigenvalue weighted by Crippen LogP contribution is -2.67. The van der Waals surface area contributed by atoms with Crippen LogP contribution in [0.5, 0.6) is 0 Å². The van der Waals surface area contributed by atoms with E-state index in [1.807, 2.05) is 0 Å². The second kappa shape index (κ2) is 13.7. The van der Waals surface area contributed by atoms with E-state index in [1.165, 1.54) is 27.7 Å². The lowest BCUT2D eigenvalue weighted by Gasteiger charge is -2.48. The van der Waals surface area contributed by atoms with Crippen molar-refractivity contribution in [3.63, 3.8) is 0 Å². The number of aliphatic hydroxyl groups is 8. The molecule has 1 amide bonds. The van der Waals surface area contributed by atoms with Crippen LogP contribution in [-0.4, -0.2) is 158 Å². The third kappa shape index (κ3) is 7.22. The molecule has 0 bridgehead atoms. The average molecular weight is 572 g/mol. The van der Waals surface area contributed by atoms with Gasteiger partial charge in [-0.15, -0.1) is 0 Å². The number of carbonyl (C=O) groups is 1. The molecule has 3 fully saturated rings. The molecule has 16 heteroatoms. The topological polar surface area (TPSA) is 246 Å². The van der Waals surface area contributed by atoms with Crippen LogP contribution in [0.2, 0.25) is 0 Å². The van der Waals surface area contributed by atoms with Gasteiger partial charge >= 0.3 is 0 Å². The molecule has 39 heavy (non-hydrogen) atoms. The van der Waals surface area contributed by atoms with Crippen molar-refractivity contribution < 1.29 is 74.1 Å². The Morgan fingerprint density at radius 2 is 1.21 bits per heavy atom. The number of ether oxygens (including phenoxy) is 6. The number of nitrogens with one attached hydrogen (secondary N) is 1. The van der Waals surface area contributed by atoms with Gasteiger partial charge in [-0.2, -0.15) is 0 Å². The highest BCUT2D eigenvalue weighted by atomic mass is 16.8. The van der Waals surface area contributed by atoms with Crippen molar-refractivity contribution in [2.45, 2.75) is 126 Å². The molecule has 3 saturated heterocycles. The molecular weight excluding hydrogens is 530 g/mol. The van der Waals surface area contributed by atoms with E-state index in [9.17, 15) is 45.6 Å². The fraction of sp³-hybridized carbons (Fsp3) is 0.957. The number of carbonyl (C=O) groups excluding carboxylic acids is 1. The zero-order valence-corrected chi connectivity index (χ0v) is 22.1. The molecule has 16 nitrogen and oxygen atoms in total. The van der Waals surface area contributed by atoms with Gasteiger partial charge in [0.25, 0.3) is 0 Å². The van der Waals surface area contributed by atoms with Crippen molar-refractivity contribution in [1.29, 1.82) is 0 Å². The molecule has 0 aromatic carbocycles. The quantitative estimate of drug-likeness (QED) is 0.126. The van der Waals surface area contributed by atoms with Gasteiger partial charge in [0.15, 0.2) is 18.9 Å². The minimum absolute atomic E-state index is 0.532. The number of amides is 1. The maximum atomic E-state index is 11.6. The molecule has 3 rings (SSSR count). The van der Waals surface area contributed by atoms with E-state index in [0.717, 1.165) is 0 Å². The maximum absolute atomic E-state index is 11.6. The highest BCUT2D eigenvalue weighted by Gasteiger charge is 2.53. The summed E-state index contributed by atoms with van der Waals surface area (Å²) in [6.45, 7) is 4.42. The molecule has 0 spiro atoms. The first-order valence-electron chi connectivity index (χ1n) is 12.8. The van der Waals surface area contributed by atoms with Gasteiger partial charge in [-0.25, -0.2) is 0 Å². The predicted molar refractivity (Wildman–Crippen MR) is 125 cm³/mol. The summed E-state index contributed by atoms with van der Waals surface area (Å²) in [6, 6.07) is -1.19. The van der Waals surface area contributed by atoms with E-state index in [-0.39, 0.29) is 0 Å². The lowest BCUT2D eigenvalue weighted by molar-refractivity contribution is -0.382. The van der Waals surface area contributed by atoms with E-state index in [4.69, 9.17) is 28.4 Å². The van der Waals surface area contributed by atoms with Gasteiger partial charge in [-0.1, -0.05) is 0 Å². The zero-order chi connectivity index (χ0) is 29.2. The highest BCUT2D eigenvalue weighted by Crippen LogP contribution is 2.33. The highest BCUT2D eigenvalue weighted by molar-refractivity contribution is 5.73. The molecular formula is C23H41NO15. The Balaban J connectivity index is 1.82. The van der Waals surface area contributed by atoms with Crippen LogP contribution < -0.4 is 5.32 Å². The number of hydrogen-bond acceptors (Lipinski definition) is 15. The molecule has 15 atom stereocenters. The van der Waals surface area contributed by atoms with Crippen LogP contribution in [0.3, 0.4) is 0 Å². The summed E-state index contributed by atoms with van der Waals surface area (Å²) in [6.07, 6.45) is -20.7. The lowest BCUT2D eigenvalue weighted by atomic mass is 9.95. The predicted octanol–water partition coefficient (Wildman–Crippen LogP) is -4.97. The van der Waals surface area contributed by atoms with E-state index in [0.29, 0.717) is 0 Å². The monoisotopic (exact) mass is 571 g/mol. The molecule has 3 aliphatic heterocycles. The SMILES string of the molecule is CC(=O)N[C@H]1[C@@H](O)[C@@H](C)O[C@H](O[C@H]2[C@H](O[C@@H]3[C@@H](O)[C@H](C)O[C@@H](OC(CO)CO)[C@@H]3O)O[C@@H](C)[C@H](O)[C@H]2O)[C@@H]1O. The van der Waals surface area contributed by atoms with E-state index in [1.54, 1.807) is 0 Å². The molecule has 0 aromatic heterocycles. The first kappa shape index (κ1) is 32.4. The fourth-order valence-electron chi connectivity index (χ4n) is 4.72. The maximum Gasteiger partial charge on any atom is 0.217 e. The van der Waals surface area contributed by atoms with Gasteiger partial charge in [0.2, 0.25) is 5.91 Å². The molecule has 228 valence electrons. The summed E-state index contributed by atoms with van der Waals surface area (Å²) in [5, 5.41) is 85.1. The summed E-state index contributed by atoms with van der Waals surface area (Å²) in [7, 11) is 0. The Kier molecular flexibility index (Phi) is 11.4. The van der Waals surface area contributed by atoms with Gasteiger partial charge in [-0.05, 0) is 20.8 Å². The normalized spacial score (nSPS) is 47.3. The Bertz CT molecular complexity index is 789. The van der Waals surface area contributed by atoms with Crippen molar-refractivity contribution in [1.82, 2.24) is 5.32 Å². The second-order valence-electron chi connectivity index (χ2n) is 10.1. The van der Waals surface area contributed by atoms with Crippen molar-refractivity contribution >= 4 is 5.91 Å². The molecule has 0 saturated carbocycles. The van der Waals surface area contributed by atoms with Crippen LogP contribution in [0.1, 0.15) is 27.7 Å². The molecule has 9 N–H and O–H groups in total. The largest absolute Gasteiger partial charge is 0.394 e. The van der Waals surface area contributed by atoms with Gasteiger partial charge in [0.05, 0.1) is 37.6 Å². The minimum atomic E-state index is -1.67. The third-order valence-electron chi connectivity index (χ3n) is 7.10. The van der Waals surface area contributed by atoms with Gasteiger partial charge in [-0.3, -0.25) is 4.79 Å². The van der Waals surface area contributed by atoms with Crippen LogP contribution in [0.25, 0.3) is 0 Å². The van der Waals surface area contributed by atoms with Gasteiger partial charge in [0.1, 0.15) is 54.9 Å². The fourth-order valence-corrected chi connectivity index (χ4v) is 4.72. The Hall–Kier alpha value is -1.09. The number of hydrogen-bond donors (Lipinski definition) is 9. The van der Waals surface area contributed by atoms with E-state index >= 15 is 0 Å². The van der Waals surface area contributed by atoms with Crippen molar-refractivity contribution in [2.75, 3.05) is 13.2 Å². The molecule has 0 unspecified atom stereocenters. The van der Waals surface area contributed by atoms with Crippen LogP contribution in [0.4, 0.5) is 0 Å². The van der Waals surface area contributed by atoms with Crippen LogP contribution >= 0.6 is 0 Å². The smallest absolute Gasteiger partial charge is 0.217 e. The summed E-state index contributed by atoms with van der Waals surface area (Å²) in [5.74, 6) is -0.532. The number of rotatable bonds is 9. The zero-order valence-electron chi connectivity index (χ0n) is 22.1. The van der Waals surface area contributed by atoms with E-state index < -0.39 is 117 Å². The van der Waals surface area contributed by atoms with Crippen molar-refractivity contribution in [3.8, 4) is 0 Å². The Morgan fingerprint density at radius 3 is 1.79 bits per heavy atom. The summed E-state index contributed by atoms with van der Waals surface area (Å²) in [4.78, 5) is 11.6. The second-order valence-corrected chi connectivity index (χ2v) is 10.1. The van der Waals surface area contributed by atoms with Crippen LogP contribution in [-0.2, 0) is 33.2 Å². The van der Waals surface area contributed by atoms with Crippen LogP contribution in [0.15, 0.2) is 0 Å². The van der Waals surface area contributed by atoms with Crippen LogP contribution in [0, 0.1) is 0 Å². The minimum Gasteiger partial charge on any atom is -0.394 e. The third-order valence-corrected chi connectivity index (χ3v) is 7.10. The van der Waals surface area contributed by atoms with E-state index in [2.05, 4.69) is 5.32 Å². The molecule has 3 heterocycles. The first-order chi connectivity index (χ1) is 18.3. The Morgan fingerprint density at radius 1 is 0.692 bits per heavy atom. The summed E-state index contributed by atoms with van der Waals surface area (Å²) < 4.78 is 33.8. The van der Waals surface area contributed by atoms with Crippen molar-refractivity contribution in [3.05, 3.63) is 0 Å². The molecule has 0 aromatic rings. The summed E-state index contributed by atoms with van der Waals surface area (Å²) >= 11 is 0. The van der Waals surface area contributed by atoms with Crippen molar-refractivity contribution in [2.24, 2.45) is 0 Å². The first-order valence-corrected chi connectivity index (χ1v) is 12.8. The molecule has 0 radical (unpaired) electrons. The molecule has 0 aliphatic carbocycles. The summed E-state index contributed by atoms with van der Waals surface area (Å²) in [5.41, 5.74) is 0. The average Bonchev–Trinajstić information content (AvgIpc) is 2.89. The Labute approximate surface area is 224 Å². The van der Waals surface area contributed by atoms with Gasteiger partial charge in [0, 0.05) is 6.92 Å². The number of aliphatic hydroxyl groups excluding tert-OH is 8. The molecule has 3 aliphatic rings.